The van der Waals surface area contributed by atoms with Gasteiger partial charge in [0.2, 0.25) is 0 Å². The molecule has 0 atom stereocenters. The lowest BCUT2D eigenvalue weighted by atomic mass is 9.90. The molecule has 0 saturated carbocycles. The summed E-state index contributed by atoms with van der Waals surface area (Å²) in [6.45, 7) is 3.80. The van der Waals surface area contributed by atoms with Crippen molar-refractivity contribution in [3.8, 4) is 0 Å². The average molecular weight is 246 g/mol. The normalized spacial score (nSPS) is 20.0. The third-order valence-corrected chi connectivity index (χ3v) is 3.98. The van der Waals surface area contributed by atoms with Crippen LogP contribution in [-0.2, 0) is 6.42 Å². The lowest BCUT2D eigenvalue weighted by Gasteiger charge is -2.46. The Morgan fingerprint density at radius 1 is 1.50 bits per heavy atom. The van der Waals surface area contributed by atoms with Crippen LogP contribution in [0.25, 0.3) is 0 Å². The monoisotopic (exact) mass is 246 g/mol. The summed E-state index contributed by atoms with van der Waals surface area (Å²) in [4.78, 5) is 13.9. The minimum atomic E-state index is -0.662. The number of aliphatic hydroxyl groups is 1. The molecule has 0 aliphatic carbocycles. The molecule has 1 fully saturated rings. The van der Waals surface area contributed by atoms with Crippen molar-refractivity contribution < 1.29 is 9.90 Å². The molecule has 1 saturated heterocycles. The van der Waals surface area contributed by atoms with Gasteiger partial charge in [-0.25, -0.2) is 0 Å². The topological polar surface area (TPSA) is 52.6 Å². The van der Waals surface area contributed by atoms with Crippen LogP contribution in [0.2, 0.25) is 0 Å². The predicted molar refractivity (Wildman–Crippen MR) is 69.8 cm³/mol. The SMILES string of the molecule is CCC1(O)CN(C(=O)c2ccc3c(c2)NCC3)C1. The maximum Gasteiger partial charge on any atom is 0.254 e. The Kier molecular flexibility index (Phi) is 2.55. The zero-order valence-electron chi connectivity index (χ0n) is 10.6. The molecule has 2 aliphatic heterocycles. The van der Waals surface area contributed by atoms with Gasteiger partial charge in [-0.05, 0) is 30.5 Å². The molecule has 96 valence electrons. The Morgan fingerprint density at radius 2 is 2.28 bits per heavy atom. The van der Waals surface area contributed by atoms with Crippen LogP contribution in [0.4, 0.5) is 5.69 Å². The number of β-amino-alcohol motifs (C(OH)–C–C–N with tert-alkyl or cyclic N) is 1. The number of nitrogens with zero attached hydrogens (tertiary/aromatic N) is 1. The molecule has 2 aliphatic rings. The van der Waals surface area contributed by atoms with Gasteiger partial charge in [0.1, 0.15) is 0 Å². The molecule has 4 nitrogen and oxygen atoms in total. The van der Waals surface area contributed by atoms with Gasteiger partial charge in [-0.15, -0.1) is 0 Å². The van der Waals surface area contributed by atoms with E-state index in [0.717, 1.165) is 18.7 Å². The summed E-state index contributed by atoms with van der Waals surface area (Å²) >= 11 is 0. The summed E-state index contributed by atoms with van der Waals surface area (Å²) in [6.07, 6.45) is 1.73. The van der Waals surface area contributed by atoms with Gasteiger partial charge in [0.15, 0.2) is 0 Å². The maximum atomic E-state index is 12.2. The molecule has 4 heteroatoms. The van der Waals surface area contributed by atoms with Crippen molar-refractivity contribution in [3.05, 3.63) is 29.3 Å². The highest BCUT2D eigenvalue weighted by Gasteiger charge is 2.42. The molecule has 2 heterocycles. The Hall–Kier alpha value is -1.55. The first kappa shape index (κ1) is 11.5. The first-order valence-corrected chi connectivity index (χ1v) is 6.50. The fourth-order valence-corrected chi connectivity index (χ4v) is 2.64. The first-order valence-electron chi connectivity index (χ1n) is 6.50. The number of likely N-dealkylation sites (tertiary alicyclic amines) is 1. The van der Waals surface area contributed by atoms with E-state index in [2.05, 4.69) is 5.32 Å². The Labute approximate surface area is 107 Å². The van der Waals surface area contributed by atoms with E-state index in [-0.39, 0.29) is 5.91 Å². The van der Waals surface area contributed by atoms with Crippen LogP contribution in [0.3, 0.4) is 0 Å². The van der Waals surface area contributed by atoms with Gasteiger partial charge in [0, 0.05) is 17.8 Å². The number of nitrogens with one attached hydrogen (secondary N) is 1. The van der Waals surface area contributed by atoms with E-state index in [1.165, 1.54) is 5.56 Å². The molecule has 1 aromatic carbocycles. The van der Waals surface area contributed by atoms with Crippen molar-refractivity contribution in [1.29, 1.82) is 0 Å². The van der Waals surface area contributed by atoms with Gasteiger partial charge < -0.3 is 15.3 Å². The van der Waals surface area contributed by atoms with Crippen LogP contribution in [0.5, 0.6) is 0 Å². The molecule has 1 amide bonds. The molecule has 18 heavy (non-hydrogen) atoms. The van der Waals surface area contributed by atoms with Gasteiger partial charge in [-0.2, -0.15) is 0 Å². The van der Waals surface area contributed by atoms with Crippen LogP contribution in [0.15, 0.2) is 18.2 Å². The molecular weight excluding hydrogens is 228 g/mol. The smallest absolute Gasteiger partial charge is 0.254 e. The van der Waals surface area contributed by atoms with Crippen LogP contribution in [0.1, 0.15) is 29.3 Å². The molecule has 2 N–H and O–H groups in total. The third-order valence-electron chi connectivity index (χ3n) is 3.98. The van der Waals surface area contributed by atoms with E-state index < -0.39 is 5.60 Å². The van der Waals surface area contributed by atoms with Gasteiger partial charge in [-0.1, -0.05) is 13.0 Å². The number of hydrogen-bond donors (Lipinski definition) is 2. The molecule has 0 aromatic heterocycles. The summed E-state index contributed by atoms with van der Waals surface area (Å²) in [5.74, 6) is 0.0182. The minimum absolute atomic E-state index is 0.0182. The molecule has 3 rings (SSSR count). The summed E-state index contributed by atoms with van der Waals surface area (Å²) in [6, 6.07) is 5.83. The molecule has 1 aromatic rings. The Morgan fingerprint density at radius 3 is 3.00 bits per heavy atom. The fourth-order valence-electron chi connectivity index (χ4n) is 2.64. The van der Waals surface area contributed by atoms with Crippen LogP contribution in [0, 0.1) is 0 Å². The lowest BCUT2D eigenvalue weighted by Crippen LogP contribution is -2.63. The molecule has 0 bridgehead atoms. The van der Waals surface area contributed by atoms with E-state index in [1.807, 2.05) is 25.1 Å². The molecule has 0 radical (unpaired) electrons. The standard InChI is InChI=1S/C14H18N2O2/c1-2-14(18)8-16(9-14)13(17)11-4-3-10-5-6-15-12(10)7-11/h3-4,7,15,18H,2,5-6,8-9H2,1H3. The summed E-state index contributed by atoms with van der Waals surface area (Å²) in [5.41, 5.74) is 2.40. The van der Waals surface area contributed by atoms with E-state index in [9.17, 15) is 9.90 Å². The first-order chi connectivity index (χ1) is 8.61. The van der Waals surface area contributed by atoms with Crippen LogP contribution < -0.4 is 5.32 Å². The number of fused-ring (bicyclic) bond motifs is 1. The molecular formula is C14H18N2O2. The lowest BCUT2D eigenvalue weighted by molar-refractivity contribution is -0.0826. The second kappa shape index (κ2) is 3.99. The largest absolute Gasteiger partial charge is 0.386 e. The van der Waals surface area contributed by atoms with E-state index in [1.54, 1.807) is 4.90 Å². The summed E-state index contributed by atoms with van der Waals surface area (Å²) in [7, 11) is 0. The number of rotatable bonds is 2. The van der Waals surface area contributed by atoms with E-state index >= 15 is 0 Å². The fraction of sp³-hybridized carbons (Fsp3) is 0.500. The highest BCUT2D eigenvalue weighted by molar-refractivity contribution is 5.96. The highest BCUT2D eigenvalue weighted by atomic mass is 16.3. The van der Waals surface area contributed by atoms with Crippen molar-refractivity contribution in [2.75, 3.05) is 25.0 Å². The van der Waals surface area contributed by atoms with Crippen molar-refractivity contribution in [3.63, 3.8) is 0 Å². The van der Waals surface area contributed by atoms with Gasteiger partial charge in [0.05, 0.1) is 18.7 Å². The number of anilines is 1. The predicted octanol–water partition coefficient (Wildman–Crippen LogP) is 1.25. The maximum absolute atomic E-state index is 12.2. The number of carbonyl (C=O) groups excluding carboxylic acids is 1. The second-order valence-electron chi connectivity index (χ2n) is 5.29. The quantitative estimate of drug-likeness (QED) is 0.826. The number of hydrogen-bond acceptors (Lipinski definition) is 3. The Balaban J connectivity index is 1.74. The third kappa shape index (κ3) is 1.77. The van der Waals surface area contributed by atoms with E-state index in [0.29, 0.717) is 25.1 Å². The van der Waals surface area contributed by atoms with Gasteiger partial charge >= 0.3 is 0 Å². The zero-order valence-corrected chi connectivity index (χ0v) is 10.6. The zero-order chi connectivity index (χ0) is 12.8. The van der Waals surface area contributed by atoms with Crippen LogP contribution in [-0.4, -0.2) is 41.1 Å². The number of amides is 1. The van der Waals surface area contributed by atoms with Crippen LogP contribution >= 0.6 is 0 Å². The van der Waals surface area contributed by atoms with Crippen molar-refractivity contribution >= 4 is 11.6 Å². The minimum Gasteiger partial charge on any atom is -0.386 e. The number of benzene rings is 1. The summed E-state index contributed by atoms with van der Waals surface area (Å²) < 4.78 is 0. The second-order valence-corrected chi connectivity index (χ2v) is 5.29. The highest BCUT2D eigenvalue weighted by Crippen LogP contribution is 2.28. The van der Waals surface area contributed by atoms with Crippen molar-refractivity contribution in [2.24, 2.45) is 0 Å². The summed E-state index contributed by atoms with van der Waals surface area (Å²) in [5, 5.41) is 13.2. The molecule has 0 unspecified atom stereocenters. The van der Waals surface area contributed by atoms with Gasteiger partial charge in [0.25, 0.3) is 5.91 Å². The van der Waals surface area contributed by atoms with Crippen molar-refractivity contribution in [2.45, 2.75) is 25.4 Å². The Bertz CT molecular complexity index is 493. The van der Waals surface area contributed by atoms with E-state index in [4.69, 9.17) is 0 Å². The van der Waals surface area contributed by atoms with Crippen molar-refractivity contribution in [1.82, 2.24) is 4.90 Å². The average Bonchev–Trinajstić information content (AvgIpc) is 2.81. The number of carbonyl (C=O) groups is 1. The molecule has 0 spiro atoms. The van der Waals surface area contributed by atoms with Gasteiger partial charge in [-0.3, -0.25) is 4.79 Å².